The molecule has 210 valence electrons. The van der Waals surface area contributed by atoms with E-state index in [-0.39, 0.29) is 18.4 Å². The maximum Gasteiger partial charge on any atom is 0.425 e. The van der Waals surface area contributed by atoms with Crippen LogP contribution in [0.25, 0.3) is 32.2 Å². The van der Waals surface area contributed by atoms with Gasteiger partial charge in [0.2, 0.25) is 5.91 Å². The second-order valence-corrected chi connectivity index (χ2v) is 11.0. The smallest absolute Gasteiger partial charge is 0.383 e. The number of carbonyl (C=O) groups is 2. The van der Waals surface area contributed by atoms with Crippen molar-refractivity contribution in [3.8, 4) is 10.4 Å². The molecule has 4 heterocycles. The van der Waals surface area contributed by atoms with E-state index in [1.54, 1.807) is 55.3 Å². The summed E-state index contributed by atoms with van der Waals surface area (Å²) in [5.74, 6) is -0.389. The van der Waals surface area contributed by atoms with Crippen LogP contribution in [0.2, 0.25) is 0 Å². The van der Waals surface area contributed by atoms with Crippen molar-refractivity contribution in [3.63, 3.8) is 0 Å². The number of hydrogen-bond donors (Lipinski definition) is 1. The molecule has 0 atom stereocenters. The van der Waals surface area contributed by atoms with Gasteiger partial charge in [0, 0.05) is 47.6 Å². The number of alkyl halides is 3. The molecular weight excluding hydrogens is 555 g/mol. The third-order valence-electron chi connectivity index (χ3n) is 7.10. The molecule has 0 spiro atoms. The Balaban J connectivity index is 1.33. The highest BCUT2D eigenvalue weighted by Gasteiger charge is 2.36. The van der Waals surface area contributed by atoms with E-state index in [1.807, 2.05) is 0 Å². The Kier molecular flexibility index (Phi) is 6.40. The van der Waals surface area contributed by atoms with E-state index in [1.165, 1.54) is 22.3 Å². The first-order chi connectivity index (χ1) is 19.5. The quantitative estimate of drug-likeness (QED) is 0.284. The fourth-order valence-electron chi connectivity index (χ4n) is 4.73. The van der Waals surface area contributed by atoms with Gasteiger partial charge < -0.3 is 5.73 Å². The number of amides is 2. The number of nitrogens with two attached hydrogens (primary N) is 1. The first-order valence-electron chi connectivity index (χ1n) is 12.7. The van der Waals surface area contributed by atoms with Gasteiger partial charge in [-0.05, 0) is 49.2 Å². The second-order valence-electron chi connectivity index (χ2n) is 9.96. The average molecular weight is 580 g/mol. The van der Waals surface area contributed by atoms with Crippen molar-refractivity contribution < 1.29 is 22.8 Å². The van der Waals surface area contributed by atoms with E-state index in [0.717, 1.165) is 24.4 Å². The standard InChI is InChI=1S/C28H24F3N7O2S/c1-36-24-19-11-16(6-8-21(19)35-25(32)20(24)13-34-36)27(40)38(37(2)26(39)15-3-4-15)14-18-7-5-17(12-33-18)22-9-10-23(41-22)28(29,30)31/h5-13,15H,3-4,14H2,1-2H3,(H2,32,35). The van der Waals surface area contributed by atoms with Crippen molar-refractivity contribution in [2.45, 2.75) is 25.6 Å². The second kappa shape index (κ2) is 9.84. The average Bonchev–Trinajstić information content (AvgIpc) is 3.53. The van der Waals surface area contributed by atoms with Crippen molar-refractivity contribution in [3.05, 3.63) is 71.0 Å². The molecule has 5 aromatic rings. The Morgan fingerprint density at radius 3 is 2.54 bits per heavy atom. The zero-order chi connectivity index (χ0) is 29.1. The van der Waals surface area contributed by atoms with Crippen LogP contribution in [0.5, 0.6) is 0 Å². The van der Waals surface area contributed by atoms with Crippen LogP contribution in [-0.4, -0.2) is 48.6 Å². The highest BCUT2D eigenvalue weighted by Crippen LogP contribution is 2.38. The topological polar surface area (TPSA) is 110 Å². The molecule has 6 rings (SSSR count). The Morgan fingerprint density at radius 2 is 1.88 bits per heavy atom. The van der Waals surface area contributed by atoms with Crippen LogP contribution in [0.15, 0.2) is 54.9 Å². The van der Waals surface area contributed by atoms with Crippen LogP contribution in [0.4, 0.5) is 19.0 Å². The van der Waals surface area contributed by atoms with Crippen LogP contribution in [0, 0.1) is 5.92 Å². The van der Waals surface area contributed by atoms with Crippen molar-refractivity contribution >= 4 is 50.8 Å². The molecule has 13 heteroatoms. The molecular formula is C28H24F3N7O2S. The van der Waals surface area contributed by atoms with Gasteiger partial charge in [0.25, 0.3) is 5.91 Å². The minimum Gasteiger partial charge on any atom is -0.383 e. The summed E-state index contributed by atoms with van der Waals surface area (Å²) in [6, 6.07) is 10.8. The number of carbonyl (C=O) groups excluding carboxylic acids is 2. The van der Waals surface area contributed by atoms with Crippen LogP contribution in [0.3, 0.4) is 0 Å². The summed E-state index contributed by atoms with van der Waals surface area (Å²) in [4.78, 5) is 35.5. The molecule has 0 aliphatic heterocycles. The van der Waals surface area contributed by atoms with Gasteiger partial charge >= 0.3 is 6.18 Å². The predicted octanol–water partition coefficient (Wildman–Crippen LogP) is 5.27. The first kappa shape index (κ1) is 26.7. The number of halogens is 3. The Labute approximate surface area is 236 Å². The van der Waals surface area contributed by atoms with Crippen LogP contribution in [0.1, 0.15) is 33.8 Å². The summed E-state index contributed by atoms with van der Waals surface area (Å²) in [7, 11) is 3.33. The number of anilines is 1. The lowest BCUT2D eigenvalue weighted by atomic mass is 10.1. The highest BCUT2D eigenvalue weighted by molar-refractivity contribution is 7.15. The van der Waals surface area contributed by atoms with E-state index in [0.29, 0.717) is 55.1 Å². The van der Waals surface area contributed by atoms with Gasteiger partial charge in [-0.3, -0.25) is 24.3 Å². The van der Waals surface area contributed by atoms with Gasteiger partial charge in [-0.1, -0.05) is 6.07 Å². The predicted molar refractivity (Wildman–Crippen MR) is 148 cm³/mol. The van der Waals surface area contributed by atoms with Crippen molar-refractivity contribution in [1.29, 1.82) is 0 Å². The third-order valence-corrected chi connectivity index (χ3v) is 8.28. The van der Waals surface area contributed by atoms with E-state index in [4.69, 9.17) is 5.73 Å². The number of benzene rings is 1. The molecule has 1 aliphatic carbocycles. The molecule has 1 aromatic carbocycles. The Hall–Kier alpha value is -4.52. The lowest BCUT2D eigenvalue weighted by molar-refractivity contribution is -0.144. The van der Waals surface area contributed by atoms with Gasteiger partial charge in [-0.2, -0.15) is 18.3 Å². The molecule has 0 bridgehead atoms. The number of pyridine rings is 2. The fourth-order valence-corrected chi connectivity index (χ4v) is 5.59. The number of nitrogens with zero attached hydrogens (tertiary/aromatic N) is 6. The van der Waals surface area contributed by atoms with Crippen LogP contribution in [-0.2, 0) is 24.6 Å². The third kappa shape index (κ3) is 4.97. The van der Waals surface area contributed by atoms with E-state index < -0.39 is 17.0 Å². The summed E-state index contributed by atoms with van der Waals surface area (Å²) < 4.78 is 40.8. The van der Waals surface area contributed by atoms with E-state index >= 15 is 0 Å². The van der Waals surface area contributed by atoms with Gasteiger partial charge in [-0.15, -0.1) is 11.3 Å². The van der Waals surface area contributed by atoms with Crippen molar-refractivity contribution in [1.82, 2.24) is 29.8 Å². The highest BCUT2D eigenvalue weighted by atomic mass is 32.1. The first-order valence-corrected chi connectivity index (χ1v) is 13.6. The lowest BCUT2D eigenvalue weighted by Crippen LogP contribution is -2.47. The molecule has 2 N–H and O–H groups in total. The molecule has 2 amide bonds. The minimum absolute atomic E-state index is 0.0224. The molecule has 1 aliphatic rings. The van der Waals surface area contributed by atoms with Crippen molar-refractivity contribution in [2.75, 3.05) is 12.8 Å². The monoisotopic (exact) mass is 579 g/mol. The number of aryl methyl sites for hydroxylation is 1. The largest absolute Gasteiger partial charge is 0.425 e. The number of nitrogen functional groups attached to an aromatic ring is 1. The maximum absolute atomic E-state index is 13.9. The molecule has 9 nitrogen and oxygen atoms in total. The van der Waals surface area contributed by atoms with Gasteiger partial charge in [0.05, 0.1) is 34.9 Å². The molecule has 0 saturated heterocycles. The summed E-state index contributed by atoms with van der Waals surface area (Å²) in [5.41, 5.74) is 8.76. The van der Waals surface area contributed by atoms with Crippen LogP contribution < -0.4 is 5.73 Å². The van der Waals surface area contributed by atoms with E-state index in [2.05, 4.69) is 15.1 Å². The Morgan fingerprint density at radius 1 is 1.10 bits per heavy atom. The number of fused-ring (bicyclic) bond motifs is 3. The van der Waals surface area contributed by atoms with Crippen molar-refractivity contribution in [2.24, 2.45) is 13.0 Å². The summed E-state index contributed by atoms with van der Waals surface area (Å²) in [6.07, 6.45) is 0.206. The Bertz CT molecular complexity index is 1810. The SMILES string of the molecule is CN(C(=O)C1CC1)N(Cc1ccc(-c2ccc(C(F)(F)F)s2)cn1)C(=O)c1ccc2nc(N)c3cnn(C)c3c2c1. The summed E-state index contributed by atoms with van der Waals surface area (Å²) >= 11 is 0.636. The number of aromatic nitrogens is 4. The molecule has 4 aromatic heterocycles. The summed E-state index contributed by atoms with van der Waals surface area (Å²) in [6.45, 7) is -0.0224. The normalized spacial score (nSPS) is 13.6. The maximum atomic E-state index is 13.9. The fraction of sp³-hybridized carbons (Fsp3) is 0.250. The molecule has 0 unspecified atom stereocenters. The van der Waals surface area contributed by atoms with Gasteiger partial charge in [0.15, 0.2) is 0 Å². The molecule has 0 radical (unpaired) electrons. The lowest BCUT2D eigenvalue weighted by Gasteiger charge is -2.32. The van der Waals surface area contributed by atoms with Crippen LogP contribution >= 0.6 is 11.3 Å². The van der Waals surface area contributed by atoms with E-state index in [9.17, 15) is 22.8 Å². The number of hydrazine groups is 1. The molecule has 1 saturated carbocycles. The van der Waals surface area contributed by atoms with Gasteiger partial charge in [0.1, 0.15) is 10.7 Å². The van der Waals surface area contributed by atoms with Gasteiger partial charge in [-0.25, -0.2) is 9.99 Å². The molecule has 41 heavy (non-hydrogen) atoms. The number of thiophene rings is 1. The zero-order valence-electron chi connectivity index (χ0n) is 22.0. The molecule has 1 fully saturated rings. The number of hydrogen-bond acceptors (Lipinski definition) is 7. The number of rotatable bonds is 5. The zero-order valence-corrected chi connectivity index (χ0v) is 22.8. The minimum atomic E-state index is -4.41. The summed E-state index contributed by atoms with van der Waals surface area (Å²) in [5, 5.41) is 8.30.